The molecule has 0 saturated carbocycles. The minimum Gasteiger partial charge on any atom is -0.356 e. The Kier molecular flexibility index (Phi) is 6.67. The monoisotopic (exact) mass is 496 g/mol. The lowest BCUT2D eigenvalue weighted by molar-refractivity contribution is -0.143. The number of carbonyl (C=O) groups is 1. The largest absolute Gasteiger partial charge is 0.416 e. The van der Waals surface area contributed by atoms with E-state index in [1.807, 2.05) is 5.32 Å². The van der Waals surface area contributed by atoms with E-state index in [4.69, 9.17) is 4.52 Å². The first-order chi connectivity index (χ1) is 15.6. The Morgan fingerprint density at radius 2 is 1.32 bits per heavy atom. The van der Waals surface area contributed by atoms with Crippen molar-refractivity contribution < 1.29 is 48.8 Å². The molecule has 0 aliphatic heterocycles. The van der Waals surface area contributed by atoms with Gasteiger partial charge in [-0.3, -0.25) is 4.79 Å². The van der Waals surface area contributed by atoms with Crippen LogP contribution in [0.3, 0.4) is 0 Å². The van der Waals surface area contributed by atoms with Crippen LogP contribution in [-0.4, -0.2) is 11.1 Å². The number of nitrogens with zero attached hydrogens (tertiary/aromatic N) is 1. The number of nitrogens with one attached hydrogen (secondary N) is 1. The number of hydrogen-bond donors (Lipinski definition) is 1. The fourth-order valence-corrected chi connectivity index (χ4v) is 2.99. The van der Waals surface area contributed by atoms with Gasteiger partial charge in [0.1, 0.15) is 0 Å². The molecule has 1 amide bonds. The highest BCUT2D eigenvalue weighted by Gasteiger charge is 2.37. The number of hydrogen-bond acceptors (Lipinski definition) is 3. The summed E-state index contributed by atoms with van der Waals surface area (Å²) in [5, 5.41) is 5.53. The van der Waals surface area contributed by atoms with Crippen molar-refractivity contribution in [2.75, 3.05) is 5.32 Å². The smallest absolute Gasteiger partial charge is 0.356 e. The van der Waals surface area contributed by atoms with Crippen molar-refractivity contribution in [3.8, 4) is 11.3 Å². The topological polar surface area (TPSA) is 55.1 Å². The van der Waals surface area contributed by atoms with Gasteiger partial charge in [-0.05, 0) is 36.8 Å². The first-order valence-electron chi connectivity index (χ1n) is 9.35. The maximum atomic E-state index is 12.9. The fraction of sp³-hybridized carbons (Fsp3) is 0.238. The minimum absolute atomic E-state index is 0.0663. The zero-order valence-corrected chi connectivity index (χ0v) is 16.7. The van der Waals surface area contributed by atoms with E-state index in [0.717, 1.165) is 24.3 Å². The molecule has 4 nitrogen and oxygen atoms in total. The van der Waals surface area contributed by atoms with Crippen molar-refractivity contribution >= 4 is 11.6 Å². The second-order valence-electron chi connectivity index (χ2n) is 7.10. The number of amides is 1. The molecule has 0 spiro atoms. The number of rotatable bonds is 5. The van der Waals surface area contributed by atoms with Crippen LogP contribution in [0.5, 0.6) is 0 Å². The Bertz CT molecular complexity index is 1130. The summed E-state index contributed by atoms with van der Waals surface area (Å²) >= 11 is 0. The number of benzene rings is 2. The predicted octanol–water partition coefficient (Wildman–Crippen LogP) is 6.97. The molecule has 0 fully saturated rings. The van der Waals surface area contributed by atoms with Crippen LogP contribution in [0.25, 0.3) is 11.3 Å². The highest BCUT2D eigenvalue weighted by Crippen LogP contribution is 2.37. The Hall–Kier alpha value is -3.51. The molecule has 1 N–H and O–H groups in total. The quantitative estimate of drug-likeness (QED) is 0.388. The molecule has 0 bridgehead atoms. The van der Waals surface area contributed by atoms with E-state index in [-0.39, 0.29) is 30.2 Å². The minimum atomic E-state index is -5.07. The van der Waals surface area contributed by atoms with Crippen LogP contribution in [0, 0.1) is 0 Å². The number of aromatic nitrogens is 1. The van der Waals surface area contributed by atoms with E-state index in [9.17, 15) is 44.3 Å². The van der Waals surface area contributed by atoms with E-state index in [1.165, 1.54) is 6.20 Å². The molecule has 0 radical (unpaired) electrons. The molecule has 1 aromatic heterocycles. The molecule has 0 atom stereocenters. The van der Waals surface area contributed by atoms with Gasteiger partial charge in [0.15, 0.2) is 5.76 Å². The van der Waals surface area contributed by atoms with Gasteiger partial charge in [0, 0.05) is 23.2 Å². The third kappa shape index (κ3) is 6.08. The second kappa shape index (κ2) is 9.03. The zero-order chi connectivity index (χ0) is 25.3. The summed E-state index contributed by atoms with van der Waals surface area (Å²) in [7, 11) is 0. The molecule has 3 rings (SSSR count). The van der Waals surface area contributed by atoms with Crippen molar-refractivity contribution in [2.45, 2.75) is 31.4 Å². The van der Waals surface area contributed by atoms with Gasteiger partial charge < -0.3 is 9.84 Å². The molecule has 3 aromatic rings. The molecule has 34 heavy (non-hydrogen) atoms. The summed E-state index contributed by atoms with van der Waals surface area (Å²) in [5.74, 6) is -0.827. The Morgan fingerprint density at radius 3 is 1.82 bits per heavy atom. The summed E-state index contributed by atoms with van der Waals surface area (Å²) in [6, 6.07) is 4.59. The lowest BCUT2D eigenvalue weighted by Gasteiger charge is -2.14. The van der Waals surface area contributed by atoms with Crippen LogP contribution in [0.15, 0.2) is 53.2 Å². The Morgan fingerprint density at radius 1 is 0.794 bits per heavy atom. The van der Waals surface area contributed by atoms with Crippen molar-refractivity contribution in [1.82, 2.24) is 5.16 Å². The zero-order valence-electron chi connectivity index (χ0n) is 16.7. The van der Waals surface area contributed by atoms with Crippen molar-refractivity contribution in [1.29, 1.82) is 0 Å². The van der Waals surface area contributed by atoms with E-state index in [1.54, 1.807) is 0 Å². The summed E-state index contributed by atoms with van der Waals surface area (Å²) in [6.45, 7) is 0. The first kappa shape index (κ1) is 25.1. The van der Waals surface area contributed by atoms with Crippen molar-refractivity contribution in [3.05, 3.63) is 70.9 Å². The van der Waals surface area contributed by atoms with Gasteiger partial charge in [-0.2, -0.15) is 39.5 Å². The third-order valence-corrected chi connectivity index (χ3v) is 4.61. The first-order valence-corrected chi connectivity index (χ1v) is 9.35. The summed E-state index contributed by atoms with van der Waals surface area (Å²) in [5.41, 5.74) is -4.22. The molecular weight excluding hydrogens is 483 g/mol. The van der Waals surface area contributed by atoms with Gasteiger partial charge in [0.2, 0.25) is 5.91 Å². The lowest BCUT2D eigenvalue weighted by atomic mass is 10.0. The molecule has 13 heteroatoms. The molecule has 0 aliphatic rings. The van der Waals surface area contributed by atoms with Crippen LogP contribution in [0.1, 0.15) is 28.7 Å². The number of halogens is 9. The van der Waals surface area contributed by atoms with E-state index in [0.29, 0.717) is 17.7 Å². The van der Waals surface area contributed by atoms with Gasteiger partial charge in [-0.15, -0.1) is 0 Å². The number of alkyl halides is 9. The van der Waals surface area contributed by atoms with Crippen LogP contribution in [0.4, 0.5) is 45.2 Å². The van der Waals surface area contributed by atoms with Gasteiger partial charge in [0.05, 0.1) is 22.9 Å². The normalized spacial score (nSPS) is 12.6. The predicted molar refractivity (Wildman–Crippen MR) is 100 cm³/mol. The van der Waals surface area contributed by atoms with E-state index >= 15 is 0 Å². The molecule has 1 heterocycles. The van der Waals surface area contributed by atoms with Crippen LogP contribution >= 0.6 is 0 Å². The standard InChI is InChI=1S/C21H13F9N2O2/c22-19(23,24)13-4-1-11(2-5-13)18-12(10-31-34-18)3-6-17(33)32-16-8-14(20(25,26)27)7-15(9-16)21(28,29)30/h1-2,4-5,7-10H,3,6H2,(H,32,33). The van der Waals surface area contributed by atoms with E-state index < -0.39 is 46.8 Å². The van der Waals surface area contributed by atoms with Gasteiger partial charge >= 0.3 is 18.5 Å². The average Bonchev–Trinajstić information content (AvgIpc) is 3.19. The Labute approximate surface area is 185 Å². The highest BCUT2D eigenvalue weighted by atomic mass is 19.4. The maximum Gasteiger partial charge on any atom is 0.416 e. The second-order valence-corrected chi connectivity index (χ2v) is 7.10. The molecule has 2 aromatic carbocycles. The van der Waals surface area contributed by atoms with E-state index in [2.05, 4.69) is 5.16 Å². The lowest BCUT2D eigenvalue weighted by Crippen LogP contribution is -2.16. The molecule has 0 aliphatic carbocycles. The van der Waals surface area contributed by atoms with Crippen LogP contribution < -0.4 is 5.32 Å². The van der Waals surface area contributed by atoms with Gasteiger partial charge in [-0.1, -0.05) is 17.3 Å². The molecule has 0 saturated heterocycles. The van der Waals surface area contributed by atoms with Crippen molar-refractivity contribution in [2.24, 2.45) is 0 Å². The highest BCUT2D eigenvalue weighted by molar-refractivity contribution is 5.91. The molecule has 0 unspecified atom stereocenters. The summed E-state index contributed by atoms with van der Waals surface area (Å²) in [4.78, 5) is 12.2. The van der Waals surface area contributed by atoms with Gasteiger partial charge in [-0.25, -0.2) is 0 Å². The van der Waals surface area contributed by atoms with Crippen LogP contribution in [-0.2, 0) is 29.7 Å². The van der Waals surface area contributed by atoms with Crippen LogP contribution in [0.2, 0.25) is 0 Å². The SMILES string of the molecule is O=C(CCc1cnoc1-c1ccc(C(F)(F)F)cc1)Nc1cc(C(F)(F)F)cc(C(F)(F)F)c1. The van der Waals surface area contributed by atoms with Crippen molar-refractivity contribution in [3.63, 3.8) is 0 Å². The molecular formula is C21H13F9N2O2. The number of carbonyl (C=O) groups excluding carboxylic acids is 1. The Balaban J connectivity index is 1.73. The molecule has 182 valence electrons. The fourth-order valence-electron chi connectivity index (χ4n) is 2.99. The number of anilines is 1. The third-order valence-electron chi connectivity index (χ3n) is 4.61. The summed E-state index contributed by atoms with van der Waals surface area (Å²) < 4.78 is 121. The van der Waals surface area contributed by atoms with Gasteiger partial charge in [0.25, 0.3) is 0 Å². The number of aryl methyl sites for hydroxylation is 1. The maximum absolute atomic E-state index is 12.9. The average molecular weight is 496 g/mol. The summed E-state index contributed by atoms with van der Waals surface area (Å²) in [6.07, 6.45) is -14.0.